The molecule has 3 heterocycles. The quantitative estimate of drug-likeness (QED) is 0.213. The number of hydrogen-bond acceptors (Lipinski definition) is 5. The Labute approximate surface area is 280 Å². The first-order valence-corrected chi connectivity index (χ1v) is 16.5. The fourth-order valence-electron chi connectivity index (χ4n) is 7.84. The van der Waals surface area contributed by atoms with Gasteiger partial charge < -0.3 is 5.32 Å². The minimum atomic E-state index is -0.519. The van der Waals surface area contributed by atoms with Gasteiger partial charge in [-0.25, -0.2) is 15.0 Å². The standard InChI is InChI=1S/C42H36N6/c1-41(2)34-21-13-11-19-30(34)32-23-33-31-20-12-14-22-36(31)48(37(33)24-35(32)41)40-43-25-28(26-44-40)39-45-38(27-15-7-5-8-16-27)46-42(3,47(39)4)29-17-9-6-10-18-29/h5-26,39H,1-4H3,(H,45,46). The molecule has 0 saturated carbocycles. The van der Waals surface area contributed by atoms with E-state index in [1.807, 2.05) is 30.6 Å². The maximum atomic E-state index is 5.24. The molecule has 0 amide bonds. The fourth-order valence-corrected chi connectivity index (χ4v) is 7.84. The maximum absolute atomic E-state index is 5.24. The molecule has 1 aliphatic carbocycles. The molecule has 2 unspecified atom stereocenters. The highest BCUT2D eigenvalue weighted by Crippen LogP contribution is 2.50. The van der Waals surface area contributed by atoms with Crippen molar-refractivity contribution < 1.29 is 0 Å². The molecule has 2 aromatic heterocycles. The number of hydrogen-bond donors (Lipinski definition) is 1. The second kappa shape index (κ2) is 10.5. The van der Waals surface area contributed by atoms with E-state index in [-0.39, 0.29) is 11.6 Å². The molecule has 1 N–H and O–H groups in total. The van der Waals surface area contributed by atoms with Gasteiger partial charge in [-0.15, -0.1) is 0 Å². The Kier molecular flexibility index (Phi) is 6.24. The molecule has 234 valence electrons. The van der Waals surface area contributed by atoms with E-state index in [1.165, 1.54) is 33.0 Å². The van der Waals surface area contributed by atoms with Crippen LogP contribution in [0.3, 0.4) is 0 Å². The molecule has 5 aromatic carbocycles. The third-order valence-electron chi connectivity index (χ3n) is 10.6. The zero-order valence-corrected chi connectivity index (χ0v) is 27.5. The largest absolute Gasteiger partial charge is 0.348 e. The molecule has 0 bridgehead atoms. The Morgan fingerprint density at radius 2 is 1.31 bits per heavy atom. The topological polar surface area (TPSA) is 58.3 Å². The molecule has 6 nitrogen and oxygen atoms in total. The molecule has 2 aliphatic rings. The van der Waals surface area contributed by atoms with Gasteiger partial charge in [0.1, 0.15) is 17.7 Å². The molecule has 0 radical (unpaired) electrons. The number of para-hydroxylation sites is 1. The van der Waals surface area contributed by atoms with Crippen LogP contribution in [0.4, 0.5) is 0 Å². The van der Waals surface area contributed by atoms with E-state index in [4.69, 9.17) is 15.0 Å². The SMILES string of the molecule is CN1C(c2cnc(-n3c4ccccc4c4cc5c(cc43)C(C)(C)c3ccccc3-5)nc2)N=C(c2ccccc2)NC1(C)c1ccccc1. The van der Waals surface area contributed by atoms with Crippen molar-refractivity contribution in [2.24, 2.45) is 4.99 Å². The number of rotatable bonds is 4. The van der Waals surface area contributed by atoms with E-state index in [9.17, 15) is 0 Å². The lowest BCUT2D eigenvalue weighted by molar-refractivity contribution is 0.0600. The molecule has 48 heavy (non-hydrogen) atoms. The van der Waals surface area contributed by atoms with Crippen LogP contribution in [0.15, 0.2) is 139 Å². The van der Waals surface area contributed by atoms with E-state index in [0.717, 1.165) is 33.6 Å². The summed E-state index contributed by atoms with van der Waals surface area (Å²) in [6.07, 6.45) is 3.58. The van der Waals surface area contributed by atoms with Gasteiger partial charge in [0.2, 0.25) is 5.95 Å². The molecular formula is C42H36N6. The second-order valence-corrected chi connectivity index (χ2v) is 13.6. The summed E-state index contributed by atoms with van der Waals surface area (Å²) in [5.41, 5.74) is 10.0. The number of aliphatic imine (C=N–C) groups is 1. The number of aromatic nitrogens is 3. The smallest absolute Gasteiger partial charge is 0.234 e. The van der Waals surface area contributed by atoms with E-state index in [0.29, 0.717) is 5.95 Å². The highest BCUT2D eigenvalue weighted by molar-refractivity contribution is 6.11. The number of amidine groups is 1. The van der Waals surface area contributed by atoms with Crippen LogP contribution in [0.1, 0.15) is 54.8 Å². The van der Waals surface area contributed by atoms with Crippen molar-refractivity contribution in [3.63, 3.8) is 0 Å². The van der Waals surface area contributed by atoms with Gasteiger partial charge in [-0.05, 0) is 60.0 Å². The van der Waals surface area contributed by atoms with Crippen LogP contribution in [-0.2, 0) is 11.1 Å². The van der Waals surface area contributed by atoms with Gasteiger partial charge in [-0.3, -0.25) is 9.47 Å². The average Bonchev–Trinajstić information content (AvgIpc) is 3.57. The summed E-state index contributed by atoms with van der Waals surface area (Å²) in [6, 6.07) is 43.0. The summed E-state index contributed by atoms with van der Waals surface area (Å²) >= 11 is 0. The van der Waals surface area contributed by atoms with E-state index in [1.54, 1.807) is 0 Å². The summed E-state index contributed by atoms with van der Waals surface area (Å²) in [7, 11) is 2.11. The first kappa shape index (κ1) is 28.6. The minimum absolute atomic E-state index is 0.106. The summed E-state index contributed by atoms with van der Waals surface area (Å²) in [5, 5.41) is 6.15. The van der Waals surface area contributed by atoms with Crippen molar-refractivity contribution in [3.8, 4) is 17.1 Å². The molecule has 6 heteroatoms. The molecule has 0 fully saturated rings. The molecular weight excluding hydrogens is 589 g/mol. The van der Waals surface area contributed by atoms with E-state index >= 15 is 0 Å². The summed E-state index contributed by atoms with van der Waals surface area (Å²) in [6.45, 7) is 6.86. The van der Waals surface area contributed by atoms with Gasteiger partial charge in [0.15, 0.2) is 0 Å². The lowest BCUT2D eigenvalue weighted by Crippen LogP contribution is -2.58. The Morgan fingerprint density at radius 3 is 2.08 bits per heavy atom. The van der Waals surface area contributed by atoms with Crippen LogP contribution in [0.25, 0.3) is 38.9 Å². The van der Waals surface area contributed by atoms with Crippen LogP contribution in [0.5, 0.6) is 0 Å². The number of fused-ring (bicyclic) bond motifs is 6. The predicted octanol–water partition coefficient (Wildman–Crippen LogP) is 8.73. The minimum Gasteiger partial charge on any atom is -0.348 e. The van der Waals surface area contributed by atoms with Gasteiger partial charge in [0.05, 0.1) is 11.0 Å². The zero-order valence-electron chi connectivity index (χ0n) is 27.5. The molecule has 9 rings (SSSR count). The van der Waals surface area contributed by atoms with Crippen molar-refractivity contribution >= 4 is 27.6 Å². The first-order valence-electron chi connectivity index (χ1n) is 16.5. The number of nitrogens with one attached hydrogen (secondary N) is 1. The van der Waals surface area contributed by atoms with Crippen molar-refractivity contribution in [3.05, 3.63) is 162 Å². The first-order chi connectivity index (χ1) is 23.3. The second-order valence-electron chi connectivity index (χ2n) is 13.6. The van der Waals surface area contributed by atoms with Gasteiger partial charge in [0, 0.05) is 39.7 Å². The predicted molar refractivity (Wildman–Crippen MR) is 194 cm³/mol. The molecule has 0 spiro atoms. The van der Waals surface area contributed by atoms with Crippen LogP contribution in [0.2, 0.25) is 0 Å². The lowest BCUT2D eigenvalue weighted by Gasteiger charge is -2.47. The Bertz CT molecular complexity index is 2370. The Balaban J connectivity index is 1.18. The summed E-state index contributed by atoms with van der Waals surface area (Å²) in [4.78, 5) is 17.6. The van der Waals surface area contributed by atoms with Crippen LogP contribution in [-0.4, -0.2) is 32.3 Å². The van der Waals surface area contributed by atoms with Gasteiger partial charge >= 0.3 is 0 Å². The molecule has 1 aliphatic heterocycles. The van der Waals surface area contributed by atoms with Crippen molar-refractivity contribution in [1.82, 2.24) is 24.8 Å². The monoisotopic (exact) mass is 624 g/mol. The van der Waals surface area contributed by atoms with Crippen molar-refractivity contribution in [2.45, 2.75) is 38.0 Å². The number of nitrogens with zero attached hydrogens (tertiary/aromatic N) is 5. The van der Waals surface area contributed by atoms with Gasteiger partial charge in [0.25, 0.3) is 0 Å². The maximum Gasteiger partial charge on any atom is 0.234 e. The average molecular weight is 625 g/mol. The highest BCUT2D eigenvalue weighted by Gasteiger charge is 2.41. The van der Waals surface area contributed by atoms with Crippen LogP contribution >= 0.6 is 0 Å². The molecule has 7 aromatic rings. The fraction of sp³-hybridized carbons (Fsp3) is 0.167. The van der Waals surface area contributed by atoms with Crippen LogP contribution < -0.4 is 5.32 Å². The normalized spacial score (nSPS) is 19.9. The van der Waals surface area contributed by atoms with Gasteiger partial charge in [-0.2, -0.15) is 0 Å². The zero-order chi connectivity index (χ0) is 32.6. The third-order valence-corrected chi connectivity index (χ3v) is 10.6. The van der Waals surface area contributed by atoms with Gasteiger partial charge in [-0.1, -0.05) is 117 Å². The lowest BCUT2D eigenvalue weighted by atomic mass is 9.82. The number of benzene rings is 5. The van der Waals surface area contributed by atoms with Crippen molar-refractivity contribution in [2.75, 3.05) is 7.05 Å². The Morgan fingerprint density at radius 1 is 0.646 bits per heavy atom. The summed E-state index contributed by atoms with van der Waals surface area (Å²) in [5.74, 6) is 1.49. The Hall–Kier alpha value is -5.59. The molecule has 0 saturated heterocycles. The summed E-state index contributed by atoms with van der Waals surface area (Å²) < 4.78 is 2.21. The van der Waals surface area contributed by atoms with Crippen LogP contribution in [0, 0.1) is 0 Å². The van der Waals surface area contributed by atoms with Crippen molar-refractivity contribution in [1.29, 1.82) is 0 Å². The highest BCUT2D eigenvalue weighted by atomic mass is 15.4. The molecule has 2 atom stereocenters. The third kappa shape index (κ3) is 4.12. The van der Waals surface area contributed by atoms with E-state index < -0.39 is 5.66 Å². The van der Waals surface area contributed by atoms with E-state index in [2.05, 4.69) is 146 Å².